The zero-order valence-corrected chi connectivity index (χ0v) is 24.2. The number of phosphoric acid groups is 1. The van der Waals surface area contributed by atoms with E-state index in [0.29, 0.717) is 19.3 Å². The third-order valence-electron chi connectivity index (χ3n) is 8.86. The van der Waals surface area contributed by atoms with Gasteiger partial charge in [0.25, 0.3) is 0 Å². The van der Waals surface area contributed by atoms with Gasteiger partial charge in [-0.1, -0.05) is 19.4 Å². The second-order valence-corrected chi connectivity index (χ2v) is 11.3. The van der Waals surface area contributed by atoms with Crippen molar-refractivity contribution in [3.05, 3.63) is 11.6 Å². The monoisotopic (exact) mass is 486 g/mol. The van der Waals surface area contributed by atoms with Crippen LogP contribution >= 0.6 is 7.82 Å². The summed E-state index contributed by atoms with van der Waals surface area (Å²) in [6, 6.07) is 0. The number of aliphatic hydroxyl groups excluding tert-OH is 1. The molecular formula is C21H29Na2O8P. The third kappa shape index (κ3) is 4.62. The van der Waals surface area contributed by atoms with E-state index in [0.717, 1.165) is 18.4 Å². The van der Waals surface area contributed by atoms with Crippen LogP contribution in [-0.4, -0.2) is 40.1 Å². The Balaban J connectivity index is 0.00000181. The maximum Gasteiger partial charge on any atom is 1.00 e. The van der Waals surface area contributed by atoms with E-state index in [1.165, 1.54) is 0 Å². The van der Waals surface area contributed by atoms with Crippen molar-refractivity contribution in [2.45, 2.75) is 70.5 Å². The molecule has 0 amide bonds. The van der Waals surface area contributed by atoms with E-state index >= 15 is 0 Å². The van der Waals surface area contributed by atoms with Crippen LogP contribution in [0.5, 0.6) is 0 Å². The van der Waals surface area contributed by atoms with Crippen LogP contribution in [0.15, 0.2) is 11.6 Å². The van der Waals surface area contributed by atoms with Gasteiger partial charge in [-0.3, -0.25) is 9.59 Å². The van der Waals surface area contributed by atoms with Gasteiger partial charge in [0.05, 0.1) is 13.9 Å². The molecule has 4 unspecified atom stereocenters. The average molecular weight is 486 g/mol. The maximum absolute atomic E-state index is 12.8. The largest absolute Gasteiger partial charge is 1.00 e. The van der Waals surface area contributed by atoms with Gasteiger partial charge in [-0.2, -0.15) is 0 Å². The minimum atomic E-state index is -5.33. The number of allylic oxidation sites excluding steroid dienone is 1. The fourth-order valence-electron chi connectivity index (χ4n) is 7.41. The van der Waals surface area contributed by atoms with Crippen LogP contribution in [0, 0.1) is 28.6 Å². The van der Waals surface area contributed by atoms with Crippen molar-refractivity contribution in [2.75, 3.05) is 6.61 Å². The van der Waals surface area contributed by atoms with Crippen LogP contribution < -0.4 is 68.9 Å². The molecule has 4 aliphatic carbocycles. The number of fused-ring (bicyclic) bond motifs is 5. The van der Waals surface area contributed by atoms with Gasteiger partial charge in [0.1, 0.15) is 12.2 Å². The molecule has 0 aliphatic heterocycles. The number of carbonyl (C=O) groups excluding carboxylic acids is 2. The normalized spacial score (nSPS) is 43.1. The summed E-state index contributed by atoms with van der Waals surface area (Å²) in [7, 11) is -5.33. The first-order valence-corrected chi connectivity index (χ1v) is 12.1. The van der Waals surface area contributed by atoms with Gasteiger partial charge in [-0.05, 0) is 67.8 Å². The van der Waals surface area contributed by atoms with Crippen molar-refractivity contribution < 1.29 is 97.8 Å². The molecule has 0 radical (unpaired) electrons. The minimum Gasteiger partial charge on any atom is -0.790 e. The molecular weight excluding hydrogens is 457 g/mol. The second-order valence-electron chi connectivity index (χ2n) is 10.1. The molecule has 32 heavy (non-hydrogen) atoms. The van der Waals surface area contributed by atoms with Gasteiger partial charge in [-0.25, -0.2) is 0 Å². The van der Waals surface area contributed by atoms with E-state index < -0.39 is 37.3 Å². The number of hydrogen-bond acceptors (Lipinski definition) is 8. The first-order valence-electron chi connectivity index (χ1n) is 10.7. The average Bonchev–Trinajstić information content (AvgIpc) is 2.91. The van der Waals surface area contributed by atoms with Gasteiger partial charge in [0.2, 0.25) is 0 Å². The molecule has 0 aromatic rings. The molecule has 7 atom stereocenters. The van der Waals surface area contributed by atoms with Gasteiger partial charge < -0.3 is 29.1 Å². The number of hydrogen-bond donors (Lipinski definition) is 2. The van der Waals surface area contributed by atoms with Crippen molar-refractivity contribution in [2.24, 2.45) is 28.6 Å². The molecule has 0 spiro atoms. The number of Topliss-reactive ketones (excluding diaryl/α,β-unsaturated/α-hetero) is 1. The molecule has 0 aromatic carbocycles. The van der Waals surface area contributed by atoms with Crippen molar-refractivity contribution in [3.8, 4) is 0 Å². The first kappa shape index (κ1) is 29.3. The third-order valence-corrected chi connectivity index (χ3v) is 9.31. The summed E-state index contributed by atoms with van der Waals surface area (Å²) in [6.07, 6.45) is 4.59. The molecule has 11 heteroatoms. The molecule has 3 saturated carbocycles. The number of phosphoric ester groups is 1. The standard InChI is InChI=1S/C21H31O8P.2Na/c1-19-7-5-13(22)9-12(19)3-4-14-15-6-8-21(25,17(24)11-29-30(26,27)28)20(15,2)10-16(23)18(14)19;;/h9,14-16,18,23,25H,3-8,10-11H2,1-2H3,(H2,26,27,28);;/q;2*+1/p-2/t14?,15?,16?,18?,19-,20-,21-;;/m0../s1. The topological polar surface area (TPSA) is 147 Å². The zero-order chi connectivity index (χ0) is 22.1. The van der Waals surface area contributed by atoms with E-state index in [9.17, 15) is 34.2 Å². The predicted molar refractivity (Wildman–Crippen MR) is 102 cm³/mol. The molecule has 4 aliphatic rings. The second kappa shape index (κ2) is 9.87. The maximum atomic E-state index is 12.8. The zero-order valence-electron chi connectivity index (χ0n) is 19.3. The van der Waals surface area contributed by atoms with E-state index in [2.05, 4.69) is 11.4 Å². The van der Waals surface area contributed by atoms with Crippen LogP contribution in [0.2, 0.25) is 0 Å². The Morgan fingerprint density at radius 1 is 1.22 bits per heavy atom. The number of rotatable bonds is 4. The fourth-order valence-corrected chi connectivity index (χ4v) is 7.68. The van der Waals surface area contributed by atoms with Gasteiger partial charge in [0.15, 0.2) is 11.6 Å². The Morgan fingerprint density at radius 2 is 1.88 bits per heavy atom. The van der Waals surface area contributed by atoms with Crippen LogP contribution in [0.1, 0.15) is 58.8 Å². The van der Waals surface area contributed by atoms with Crippen LogP contribution in [0.4, 0.5) is 0 Å². The van der Waals surface area contributed by atoms with Crippen LogP contribution in [-0.2, 0) is 18.7 Å². The number of carbonyl (C=O) groups is 2. The summed E-state index contributed by atoms with van der Waals surface area (Å²) in [5.41, 5.74) is -1.96. The summed E-state index contributed by atoms with van der Waals surface area (Å²) in [6.45, 7) is 2.92. The molecule has 168 valence electrons. The molecule has 0 saturated heterocycles. The van der Waals surface area contributed by atoms with Crippen LogP contribution in [0.25, 0.3) is 0 Å². The van der Waals surface area contributed by atoms with Crippen LogP contribution in [0.3, 0.4) is 0 Å². The first-order chi connectivity index (χ1) is 13.8. The molecule has 0 heterocycles. The Bertz CT molecular complexity index is 859. The summed E-state index contributed by atoms with van der Waals surface area (Å²) >= 11 is 0. The van der Waals surface area contributed by atoms with E-state index in [1.807, 2.05) is 0 Å². The van der Waals surface area contributed by atoms with Gasteiger partial charge in [0, 0.05) is 11.8 Å². The molecule has 0 bridgehead atoms. The Kier molecular flexibility index (Phi) is 9.05. The van der Waals surface area contributed by atoms with Crippen molar-refractivity contribution in [1.82, 2.24) is 0 Å². The van der Waals surface area contributed by atoms with Crippen molar-refractivity contribution >= 4 is 19.4 Å². The predicted octanol–water partition coefficient (Wildman–Crippen LogP) is -5.36. The Morgan fingerprint density at radius 3 is 2.50 bits per heavy atom. The Hall–Kier alpha value is 1.11. The van der Waals surface area contributed by atoms with Crippen molar-refractivity contribution in [1.29, 1.82) is 0 Å². The quantitative estimate of drug-likeness (QED) is 0.296. The molecule has 0 aromatic heterocycles. The molecule has 4 rings (SSSR count). The summed E-state index contributed by atoms with van der Waals surface area (Å²) in [5, 5.41) is 22.6. The van der Waals surface area contributed by atoms with E-state index in [1.54, 1.807) is 13.0 Å². The molecule has 8 nitrogen and oxygen atoms in total. The molecule has 2 N–H and O–H groups in total. The molecule has 3 fully saturated rings. The van der Waals surface area contributed by atoms with E-state index in [-0.39, 0.29) is 101 Å². The SMILES string of the molecule is C[C@]12CCC(=O)C=C1CCC1C2C(O)C[C@@]2(C)C1CC[C@]2(O)C(=O)COP(=O)([O-])[O-].[Na+].[Na+]. The van der Waals surface area contributed by atoms with Crippen molar-refractivity contribution in [3.63, 3.8) is 0 Å². The fraction of sp³-hybridized carbons (Fsp3) is 0.810. The summed E-state index contributed by atoms with van der Waals surface area (Å²) in [5.74, 6) is -0.688. The van der Waals surface area contributed by atoms with Gasteiger partial charge >= 0.3 is 59.1 Å². The van der Waals surface area contributed by atoms with E-state index in [4.69, 9.17) is 0 Å². The number of ketones is 2. The number of aliphatic hydroxyl groups is 2. The Labute approximate surface area is 232 Å². The smallest absolute Gasteiger partial charge is 0.790 e. The summed E-state index contributed by atoms with van der Waals surface area (Å²) < 4.78 is 15.0. The summed E-state index contributed by atoms with van der Waals surface area (Å²) in [4.78, 5) is 46.3. The van der Waals surface area contributed by atoms with Gasteiger partial charge in [-0.15, -0.1) is 0 Å². The minimum absolute atomic E-state index is 0.